The summed E-state index contributed by atoms with van der Waals surface area (Å²) in [7, 11) is 0. The molecule has 4 rings (SSSR count). The first kappa shape index (κ1) is 16.5. The van der Waals surface area contributed by atoms with Crippen molar-refractivity contribution in [3.63, 3.8) is 0 Å². The molecule has 4 heterocycles. The summed E-state index contributed by atoms with van der Waals surface area (Å²) < 4.78 is 6.81. The summed E-state index contributed by atoms with van der Waals surface area (Å²) in [4.78, 5) is 31.2. The quantitative estimate of drug-likeness (QED) is 0.776. The molecule has 2 aliphatic rings. The fourth-order valence-electron chi connectivity index (χ4n) is 3.26. The van der Waals surface area contributed by atoms with Gasteiger partial charge in [-0.05, 0) is 11.6 Å². The van der Waals surface area contributed by atoms with Crippen molar-refractivity contribution in [2.45, 2.75) is 12.6 Å². The first-order valence-electron chi connectivity index (χ1n) is 8.30. The molecule has 2 aliphatic heterocycles. The summed E-state index contributed by atoms with van der Waals surface area (Å²) in [6, 6.07) is 3.92. The van der Waals surface area contributed by atoms with Crippen LogP contribution in [0.1, 0.15) is 16.1 Å². The van der Waals surface area contributed by atoms with Crippen LogP contribution in [0.2, 0.25) is 0 Å². The van der Waals surface area contributed by atoms with Gasteiger partial charge in [-0.2, -0.15) is 0 Å². The molecular weight excluding hydrogens is 340 g/mol. The van der Waals surface area contributed by atoms with Gasteiger partial charge in [0.05, 0.1) is 25.4 Å². The van der Waals surface area contributed by atoms with E-state index >= 15 is 0 Å². The van der Waals surface area contributed by atoms with Gasteiger partial charge in [-0.25, -0.2) is 14.5 Å². The number of morpholine rings is 1. The Morgan fingerprint density at radius 2 is 2.23 bits per heavy atom. The van der Waals surface area contributed by atoms with E-state index in [4.69, 9.17) is 9.84 Å². The number of piperazine rings is 1. The first-order valence-corrected chi connectivity index (χ1v) is 8.30. The Bertz CT molecular complexity index is 820. The van der Waals surface area contributed by atoms with Gasteiger partial charge in [-0.3, -0.25) is 4.79 Å². The maximum Gasteiger partial charge on any atom is 0.358 e. The lowest BCUT2D eigenvalue weighted by atomic mass is 10.1. The Hall–Kier alpha value is -3.01. The van der Waals surface area contributed by atoms with Crippen molar-refractivity contribution in [2.75, 3.05) is 37.7 Å². The smallest absolute Gasteiger partial charge is 0.358 e. The van der Waals surface area contributed by atoms with Gasteiger partial charge in [-0.1, -0.05) is 11.3 Å². The van der Waals surface area contributed by atoms with Crippen molar-refractivity contribution < 1.29 is 19.4 Å². The number of anilines is 1. The van der Waals surface area contributed by atoms with Crippen LogP contribution in [0.25, 0.3) is 0 Å². The summed E-state index contributed by atoms with van der Waals surface area (Å²) >= 11 is 0. The number of carboxylic acids is 1. The number of hydrogen-bond donors (Lipinski definition) is 1. The molecule has 0 bridgehead atoms. The van der Waals surface area contributed by atoms with Gasteiger partial charge in [0, 0.05) is 25.8 Å². The van der Waals surface area contributed by atoms with Crippen LogP contribution in [0.15, 0.2) is 24.5 Å². The zero-order valence-electron chi connectivity index (χ0n) is 14.0. The molecule has 0 aliphatic carbocycles. The highest BCUT2D eigenvalue weighted by Gasteiger charge is 2.34. The minimum absolute atomic E-state index is 0.0535. The van der Waals surface area contributed by atoms with Crippen LogP contribution in [-0.2, 0) is 16.1 Å². The van der Waals surface area contributed by atoms with Gasteiger partial charge >= 0.3 is 5.97 Å². The van der Waals surface area contributed by atoms with E-state index in [1.165, 1.54) is 10.9 Å². The molecule has 1 atom stereocenters. The maximum absolute atomic E-state index is 11.9. The number of carboxylic acid groups (broad SMARTS) is 1. The number of aromatic nitrogens is 4. The fraction of sp³-hybridized carbons (Fsp3) is 0.438. The lowest BCUT2D eigenvalue weighted by molar-refractivity contribution is -0.148. The molecule has 0 aromatic carbocycles. The zero-order valence-corrected chi connectivity index (χ0v) is 14.0. The number of nitrogens with zero attached hydrogens (tertiary/aromatic N) is 6. The molecule has 2 saturated heterocycles. The Labute approximate surface area is 149 Å². The lowest BCUT2D eigenvalue weighted by Crippen LogP contribution is -2.60. The second-order valence-electron chi connectivity index (χ2n) is 6.33. The van der Waals surface area contributed by atoms with Crippen LogP contribution in [0.5, 0.6) is 0 Å². The van der Waals surface area contributed by atoms with Gasteiger partial charge in [0.2, 0.25) is 5.91 Å². The van der Waals surface area contributed by atoms with Crippen LogP contribution < -0.4 is 4.90 Å². The van der Waals surface area contributed by atoms with Crippen LogP contribution in [0.4, 0.5) is 5.82 Å². The molecular formula is C16H18N6O4. The number of carbonyl (C=O) groups excluding carboxylic acids is 1. The van der Waals surface area contributed by atoms with Crippen molar-refractivity contribution in [1.82, 2.24) is 24.9 Å². The molecule has 10 nitrogen and oxygen atoms in total. The number of fused-ring (bicyclic) bond motifs is 1. The summed E-state index contributed by atoms with van der Waals surface area (Å²) in [6.45, 7) is 3.23. The third-order valence-electron chi connectivity index (χ3n) is 4.57. The highest BCUT2D eigenvalue weighted by atomic mass is 16.5. The van der Waals surface area contributed by atoms with E-state index in [2.05, 4.69) is 20.2 Å². The van der Waals surface area contributed by atoms with Crippen LogP contribution >= 0.6 is 0 Å². The number of aromatic carboxylic acids is 1. The van der Waals surface area contributed by atoms with Crippen LogP contribution in [0.3, 0.4) is 0 Å². The van der Waals surface area contributed by atoms with Gasteiger partial charge < -0.3 is 19.6 Å². The highest BCUT2D eigenvalue weighted by Crippen LogP contribution is 2.20. The minimum atomic E-state index is -1.10. The van der Waals surface area contributed by atoms with E-state index < -0.39 is 5.97 Å². The Balaban J connectivity index is 1.41. The third kappa shape index (κ3) is 3.23. The van der Waals surface area contributed by atoms with Crippen molar-refractivity contribution in [3.8, 4) is 0 Å². The van der Waals surface area contributed by atoms with E-state index in [0.29, 0.717) is 26.2 Å². The second kappa shape index (κ2) is 6.71. The predicted molar refractivity (Wildman–Crippen MR) is 88.9 cm³/mol. The molecule has 2 fully saturated rings. The van der Waals surface area contributed by atoms with E-state index in [9.17, 15) is 9.59 Å². The molecule has 2 aromatic heterocycles. The largest absolute Gasteiger partial charge is 0.476 e. The van der Waals surface area contributed by atoms with Gasteiger partial charge in [0.25, 0.3) is 0 Å². The normalized spacial score (nSPS) is 20.2. The van der Waals surface area contributed by atoms with Gasteiger partial charge in [-0.15, -0.1) is 5.10 Å². The van der Waals surface area contributed by atoms with E-state index in [1.54, 1.807) is 6.20 Å². The third-order valence-corrected chi connectivity index (χ3v) is 4.57. The van der Waals surface area contributed by atoms with Crippen molar-refractivity contribution in [1.29, 1.82) is 0 Å². The van der Waals surface area contributed by atoms with Crippen molar-refractivity contribution >= 4 is 17.7 Å². The number of pyridine rings is 1. The van der Waals surface area contributed by atoms with Gasteiger partial charge in [0.15, 0.2) is 5.69 Å². The molecule has 0 spiro atoms. The SMILES string of the molecule is O=C(O)c1cn(Cc2ccc(N3CCN4C(=O)COCC4C3)nc2)nn1. The molecule has 10 heteroatoms. The molecule has 1 N–H and O–H groups in total. The number of amides is 1. The van der Waals surface area contributed by atoms with E-state index in [-0.39, 0.29) is 24.2 Å². The molecule has 0 radical (unpaired) electrons. The van der Waals surface area contributed by atoms with Crippen molar-refractivity contribution in [3.05, 3.63) is 35.8 Å². The van der Waals surface area contributed by atoms with Crippen LogP contribution in [0, 0.1) is 0 Å². The Kier molecular flexibility index (Phi) is 4.25. The number of ether oxygens (including phenoxy) is 1. The molecule has 1 unspecified atom stereocenters. The monoisotopic (exact) mass is 358 g/mol. The Morgan fingerprint density at radius 3 is 2.96 bits per heavy atom. The number of carbonyl (C=O) groups is 2. The van der Waals surface area contributed by atoms with Crippen molar-refractivity contribution in [2.24, 2.45) is 0 Å². The first-order chi connectivity index (χ1) is 12.6. The summed E-state index contributed by atoms with van der Waals surface area (Å²) in [5.74, 6) is -0.206. The summed E-state index contributed by atoms with van der Waals surface area (Å²) in [5.41, 5.74) is 0.808. The molecule has 2 aromatic rings. The molecule has 26 heavy (non-hydrogen) atoms. The standard InChI is InChI=1S/C16H18N6O4/c23-15-10-26-9-12-7-20(3-4-22(12)15)14-2-1-11(5-17-14)6-21-8-13(16(24)25)18-19-21/h1-2,5,8,12H,3-4,6-7,9-10H2,(H,24,25). The summed E-state index contributed by atoms with van der Waals surface area (Å²) in [6.07, 6.45) is 3.13. The van der Waals surface area contributed by atoms with Crippen LogP contribution in [-0.4, -0.2) is 80.8 Å². The second-order valence-corrected chi connectivity index (χ2v) is 6.33. The minimum Gasteiger partial charge on any atom is -0.476 e. The molecule has 0 saturated carbocycles. The number of rotatable bonds is 4. The van der Waals surface area contributed by atoms with E-state index in [0.717, 1.165) is 17.9 Å². The fourth-order valence-corrected chi connectivity index (χ4v) is 3.26. The average Bonchev–Trinajstić information content (AvgIpc) is 3.11. The van der Waals surface area contributed by atoms with E-state index in [1.807, 2.05) is 17.0 Å². The zero-order chi connectivity index (χ0) is 18.1. The summed E-state index contributed by atoms with van der Waals surface area (Å²) in [5, 5.41) is 16.3. The predicted octanol–water partition coefficient (Wildman–Crippen LogP) is -0.533. The maximum atomic E-state index is 11.9. The highest BCUT2D eigenvalue weighted by molar-refractivity contribution is 5.84. The number of hydrogen-bond acceptors (Lipinski definition) is 7. The topological polar surface area (TPSA) is 114 Å². The average molecular weight is 358 g/mol. The Morgan fingerprint density at radius 1 is 1.35 bits per heavy atom. The molecule has 1 amide bonds. The lowest BCUT2D eigenvalue weighted by Gasteiger charge is -2.44. The molecule has 136 valence electrons. The van der Waals surface area contributed by atoms with Gasteiger partial charge in [0.1, 0.15) is 12.4 Å².